The van der Waals surface area contributed by atoms with Gasteiger partial charge in [-0.15, -0.1) is 0 Å². The Balaban J connectivity index is 1.61. The molecule has 0 aromatic heterocycles. The lowest BCUT2D eigenvalue weighted by atomic mass is 10.1. The van der Waals surface area contributed by atoms with Gasteiger partial charge in [0.05, 0.1) is 6.54 Å². The van der Waals surface area contributed by atoms with Crippen molar-refractivity contribution in [3.8, 4) is 0 Å². The van der Waals surface area contributed by atoms with Crippen molar-refractivity contribution in [2.45, 2.75) is 6.10 Å². The number of ether oxygens (including phenoxy) is 1. The molecular formula is C16H16N2O2. The summed E-state index contributed by atoms with van der Waals surface area (Å²) in [6.07, 6.45) is -0.0438. The first-order chi connectivity index (χ1) is 9.83. The van der Waals surface area contributed by atoms with E-state index < -0.39 is 0 Å². The third kappa shape index (κ3) is 2.81. The Bertz CT molecular complexity index is 572. The lowest BCUT2D eigenvalue weighted by molar-refractivity contribution is 0.0969. The number of benzene rings is 2. The monoisotopic (exact) mass is 268 g/mol. The van der Waals surface area contributed by atoms with Gasteiger partial charge in [-0.2, -0.15) is 0 Å². The highest BCUT2D eigenvalue weighted by molar-refractivity contribution is 5.89. The summed E-state index contributed by atoms with van der Waals surface area (Å²) < 4.78 is 5.68. The van der Waals surface area contributed by atoms with Crippen molar-refractivity contribution in [3.63, 3.8) is 0 Å². The van der Waals surface area contributed by atoms with Gasteiger partial charge in [-0.3, -0.25) is 4.90 Å². The normalized spacial score (nSPS) is 18.0. The second-order valence-corrected chi connectivity index (χ2v) is 4.71. The summed E-state index contributed by atoms with van der Waals surface area (Å²) in [5, 5.41) is 2.86. The molecule has 0 aliphatic carbocycles. The number of carbonyl (C=O) groups excluding carboxylic acids is 1. The molecule has 2 amide bonds. The smallest absolute Gasteiger partial charge is 0.323 e. The molecule has 1 fully saturated rings. The molecule has 102 valence electrons. The fourth-order valence-corrected chi connectivity index (χ4v) is 2.22. The van der Waals surface area contributed by atoms with Crippen LogP contribution >= 0.6 is 0 Å². The Labute approximate surface area is 118 Å². The largest absolute Gasteiger partial charge is 0.351 e. The number of rotatable bonds is 2. The number of para-hydroxylation sites is 1. The molecule has 1 atom stereocenters. The van der Waals surface area contributed by atoms with Crippen molar-refractivity contribution in [1.29, 1.82) is 0 Å². The summed E-state index contributed by atoms with van der Waals surface area (Å²) in [6, 6.07) is 19.3. The van der Waals surface area contributed by atoms with E-state index in [1.54, 1.807) is 4.90 Å². The SMILES string of the molecule is O=C(Nc1ccccc1)N1COC(c2ccccc2)C1. The zero-order valence-electron chi connectivity index (χ0n) is 11.0. The maximum absolute atomic E-state index is 12.1. The summed E-state index contributed by atoms with van der Waals surface area (Å²) in [5.41, 5.74) is 1.89. The highest BCUT2D eigenvalue weighted by Gasteiger charge is 2.27. The minimum Gasteiger partial charge on any atom is -0.351 e. The molecule has 0 spiro atoms. The van der Waals surface area contributed by atoms with Crippen molar-refractivity contribution in [2.24, 2.45) is 0 Å². The number of hydrogen-bond donors (Lipinski definition) is 1. The van der Waals surface area contributed by atoms with E-state index in [0.29, 0.717) is 13.3 Å². The van der Waals surface area contributed by atoms with Gasteiger partial charge in [0.1, 0.15) is 12.8 Å². The van der Waals surface area contributed by atoms with Crippen LogP contribution in [0, 0.1) is 0 Å². The Kier molecular flexibility index (Phi) is 3.65. The zero-order valence-corrected chi connectivity index (χ0v) is 11.0. The highest BCUT2D eigenvalue weighted by atomic mass is 16.5. The summed E-state index contributed by atoms with van der Waals surface area (Å²) in [4.78, 5) is 13.8. The van der Waals surface area contributed by atoms with Gasteiger partial charge in [0.15, 0.2) is 0 Å². The number of nitrogens with zero attached hydrogens (tertiary/aromatic N) is 1. The molecule has 2 aromatic rings. The van der Waals surface area contributed by atoms with E-state index in [-0.39, 0.29) is 12.1 Å². The molecule has 3 rings (SSSR count). The van der Waals surface area contributed by atoms with Crippen molar-refractivity contribution < 1.29 is 9.53 Å². The van der Waals surface area contributed by atoms with E-state index >= 15 is 0 Å². The van der Waals surface area contributed by atoms with Gasteiger partial charge in [-0.25, -0.2) is 4.79 Å². The maximum atomic E-state index is 12.1. The topological polar surface area (TPSA) is 41.6 Å². The van der Waals surface area contributed by atoms with E-state index in [9.17, 15) is 4.79 Å². The van der Waals surface area contributed by atoms with E-state index in [1.165, 1.54) is 0 Å². The third-order valence-electron chi connectivity index (χ3n) is 3.30. The Hall–Kier alpha value is -2.33. The molecule has 1 aliphatic rings. The van der Waals surface area contributed by atoms with Gasteiger partial charge in [-0.05, 0) is 17.7 Å². The molecule has 0 bridgehead atoms. The Morgan fingerprint density at radius 3 is 2.40 bits per heavy atom. The van der Waals surface area contributed by atoms with E-state index in [0.717, 1.165) is 11.3 Å². The van der Waals surface area contributed by atoms with Crippen molar-refractivity contribution in [3.05, 3.63) is 66.2 Å². The standard InChI is InChI=1S/C16H16N2O2/c19-16(17-14-9-5-2-6-10-14)18-11-15(20-12-18)13-7-3-1-4-8-13/h1-10,15H,11-12H2,(H,17,19). The minimum absolute atomic E-state index is 0.0438. The second-order valence-electron chi connectivity index (χ2n) is 4.71. The van der Waals surface area contributed by atoms with E-state index in [4.69, 9.17) is 4.74 Å². The Morgan fingerprint density at radius 2 is 1.70 bits per heavy atom. The molecular weight excluding hydrogens is 252 g/mol. The first-order valence-electron chi connectivity index (χ1n) is 6.60. The zero-order chi connectivity index (χ0) is 13.8. The summed E-state index contributed by atoms with van der Waals surface area (Å²) >= 11 is 0. The predicted molar refractivity (Wildman–Crippen MR) is 77.3 cm³/mol. The van der Waals surface area contributed by atoms with Crippen LogP contribution in [0.3, 0.4) is 0 Å². The first kappa shape index (κ1) is 12.7. The molecule has 1 saturated heterocycles. The third-order valence-corrected chi connectivity index (χ3v) is 3.30. The van der Waals surface area contributed by atoms with Crippen LogP contribution in [0.2, 0.25) is 0 Å². The molecule has 0 saturated carbocycles. The van der Waals surface area contributed by atoms with Crippen molar-refractivity contribution >= 4 is 11.7 Å². The highest BCUT2D eigenvalue weighted by Crippen LogP contribution is 2.24. The Morgan fingerprint density at radius 1 is 1.05 bits per heavy atom. The molecule has 1 unspecified atom stereocenters. The first-order valence-corrected chi connectivity index (χ1v) is 6.60. The van der Waals surface area contributed by atoms with Crippen LogP contribution in [0.15, 0.2) is 60.7 Å². The maximum Gasteiger partial charge on any atom is 0.323 e. The van der Waals surface area contributed by atoms with E-state index in [2.05, 4.69) is 5.32 Å². The van der Waals surface area contributed by atoms with Crippen LogP contribution in [0.4, 0.5) is 10.5 Å². The fraction of sp³-hybridized carbons (Fsp3) is 0.188. The fourth-order valence-electron chi connectivity index (χ4n) is 2.22. The lowest BCUT2D eigenvalue weighted by Crippen LogP contribution is -2.32. The average molecular weight is 268 g/mol. The van der Waals surface area contributed by atoms with Gasteiger partial charge < -0.3 is 10.1 Å². The molecule has 2 aromatic carbocycles. The van der Waals surface area contributed by atoms with Crippen molar-refractivity contribution in [2.75, 3.05) is 18.6 Å². The molecule has 1 heterocycles. The van der Waals surface area contributed by atoms with Gasteiger partial charge >= 0.3 is 6.03 Å². The van der Waals surface area contributed by atoms with Gasteiger partial charge in [0.2, 0.25) is 0 Å². The van der Waals surface area contributed by atoms with Crippen LogP contribution in [-0.2, 0) is 4.74 Å². The van der Waals surface area contributed by atoms with Crippen LogP contribution < -0.4 is 5.32 Å². The number of nitrogens with one attached hydrogen (secondary N) is 1. The van der Waals surface area contributed by atoms with Crippen molar-refractivity contribution in [1.82, 2.24) is 4.90 Å². The minimum atomic E-state index is -0.130. The summed E-state index contributed by atoms with van der Waals surface area (Å²) in [7, 11) is 0. The summed E-state index contributed by atoms with van der Waals surface area (Å²) in [6.45, 7) is 0.890. The van der Waals surface area contributed by atoms with Gasteiger partial charge in [-0.1, -0.05) is 48.5 Å². The van der Waals surface area contributed by atoms with Crippen LogP contribution in [0.1, 0.15) is 11.7 Å². The molecule has 0 radical (unpaired) electrons. The predicted octanol–water partition coefficient (Wildman–Crippen LogP) is 3.25. The van der Waals surface area contributed by atoms with Crippen LogP contribution in [0.25, 0.3) is 0 Å². The number of hydrogen-bond acceptors (Lipinski definition) is 2. The summed E-state index contributed by atoms with van der Waals surface area (Å²) in [5.74, 6) is 0. The number of carbonyl (C=O) groups is 1. The average Bonchev–Trinajstić information content (AvgIpc) is 2.99. The number of anilines is 1. The second kappa shape index (κ2) is 5.75. The van der Waals surface area contributed by atoms with Gasteiger partial charge in [0, 0.05) is 5.69 Å². The lowest BCUT2D eigenvalue weighted by Gasteiger charge is -2.15. The molecule has 20 heavy (non-hydrogen) atoms. The molecule has 4 heteroatoms. The number of amides is 2. The van der Waals surface area contributed by atoms with Crippen LogP contribution in [-0.4, -0.2) is 24.2 Å². The molecule has 4 nitrogen and oxygen atoms in total. The molecule has 1 aliphatic heterocycles. The number of urea groups is 1. The van der Waals surface area contributed by atoms with Crippen LogP contribution in [0.5, 0.6) is 0 Å². The quantitative estimate of drug-likeness (QED) is 0.908. The van der Waals surface area contributed by atoms with Gasteiger partial charge in [0.25, 0.3) is 0 Å². The molecule has 1 N–H and O–H groups in total. The van der Waals surface area contributed by atoms with E-state index in [1.807, 2.05) is 60.7 Å².